The Morgan fingerprint density at radius 3 is 2.69 bits per heavy atom. The quantitative estimate of drug-likeness (QED) is 0.754. The van der Waals surface area contributed by atoms with Gasteiger partial charge in [0, 0.05) is 31.5 Å². The molecule has 1 aromatic rings. The van der Waals surface area contributed by atoms with Gasteiger partial charge < -0.3 is 10.2 Å². The molecule has 1 fully saturated rings. The van der Waals surface area contributed by atoms with Crippen LogP contribution in [0, 0.1) is 12.3 Å². The zero-order valence-corrected chi connectivity index (χ0v) is 9.26. The fourth-order valence-electron chi connectivity index (χ4n) is 1.94. The third-order valence-corrected chi connectivity index (χ3v) is 2.82. The van der Waals surface area contributed by atoms with Crippen LogP contribution in [0.4, 0.5) is 5.95 Å². The van der Waals surface area contributed by atoms with E-state index in [0.29, 0.717) is 12.6 Å². The smallest absolute Gasteiger partial charge is 0.225 e. The zero-order chi connectivity index (χ0) is 11.2. The van der Waals surface area contributed by atoms with Crippen molar-refractivity contribution in [1.82, 2.24) is 15.3 Å². The Morgan fingerprint density at radius 1 is 1.38 bits per heavy atom. The van der Waals surface area contributed by atoms with Crippen molar-refractivity contribution < 1.29 is 0 Å². The number of hydrogen-bond acceptors (Lipinski definition) is 4. The summed E-state index contributed by atoms with van der Waals surface area (Å²) in [4.78, 5) is 10.7. The highest BCUT2D eigenvalue weighted by Gasteiger charge is 2.19. The number of terminal acetylenes is 1. The van der Waals surface area contributed by atoms with E-state index in [1.165, 1.54) is 0 Å². The summed E-state index contributed by atoms with van der Waals surface area (Å²) in [5, 5.41) is 3.34. The maximum atomic E-state index is 5.22. The number of hydrogen-bond donors (Lipinski definition) is 1. The van der Waals surface area contributed by atoms with Crippen LogP contribution >= 0.6 is 0 Å². The van der Waals surface area contributed by atoms with Crippen molar-refractivity contribution in [1.29, 1.82) is 0 Å². The van der Waals surface area contributed by atoms with E-state index in [1.54, 1.807) is 12.4 Å². The molecule has 2 rings (SSSR count). The zero-order valence-electron chi connectivity index (χ0n) is 9.26. The lowest BCUT2D eigenvalue weighted by atomic mass is 10.1. The van der Waals surface area contributed by atoms with Gasteiger partial charge in [-0.1, -0.05) is 5.92 Å². The second-order valence-electron chi connectivity index (χ2n) is 3.90. The molecule has 4 nitrogen and oxygen atoms in total. The third kappa shape index (κ3) is 2.71. The van der Waals surface area contributed by atoms with Crippen LogP contribution in [-0.4, -0.2) is 35.6 Å². The first-order chi connectivity index (χ1) is 7.90. The van der Waals surface area contributed by atoms with E-state index in [0.717, 1.165) is 31.9 Å². The number of aromatic nitrogens is 2. The van der Waals surface area contributed by atoms with Crippen LogP contribution in [0.25, 0.3) is 0 Å². The van der Waals surface area contributed by atoms with Crippen molar-refractivity contribution in [2.45, 2.75) is 18.9 Å². The maximum absolute atomic E-state index is 5.22. The molecule has 0 spiro atoms. The molecule has 4 heteroatoms. The van der Waals surface area contributed by atoms with Gasteiger partial charge in [0.1, 0.15) is 0 Å². The van der Waals surface area contributed by atoms with Gasteiger partial charge in [0.15, 0.2) is 0 Å². The van der Waals surface area contributed by atoms with Crippen LogP contribution in [0.2, 0.25) is 0 Å². The lowest BCUT2D eigenvalue weighted by Crippen LogP contribution is -2.43. The molecule has 1 aliphatic heterocycles. The Kier molecular flexibility index (Phi) is 3.73. The molecule has 0 amide bonds. The van der Waals surface area contributed by atoms with E-state index in [9.17, 15) is 0 Å². The number of anilines is 1. The van der Waals surface area contributed by atoms with Gasteiger partial charge in [0.2, 0.25) is 5.95 Å². The van der Waals surface area contributed by atoms with Gasteiger partial charge in [-0.3, -0.25) is 0 Å². The van der Waals surface area contributed by atoms with Crippen molar-refractivity contribution in [3.8, 4) is 12.3 Å². The Hall–Kier alpha value is -1.60. The van der Waals surface area contributed by atoms with E-state index in [-0.39, 0.29) is 0 Å². The van der Waals surface area contributed by atoms with Gasteiger partial charge in [-0.15, -0.1) is 6.42 Å². The number of nitrogens with one attached hydrogen (secondary N) is 1. The molecular formula is C12H16N4. The van der Waals surface area contributed by atoms with E-state index >= 15 is 0 Å². The van der Waals surface area contributed by atoms with Crippen LogP contribution in [0.3, 0.4) is 0 Å². The van der Waals surface area contributed by atoms with Crippen molar-refractivity contribution in [2.75, 3.05) is 24.5 Å². The topological polar surface area (TPSA) is 41.0 Å². The Balaban J connectivity index is 1.84. The molecule has 0 saturated carbocycles. The van der Waals surface area contributed by atoms with Gasteiger partial charge in [-0.05, 0) is 18.9 Å². The standard InChI is InChI=1S/C12H16N4/c1-2-6-13-11-4-9-16(10-5-11)12-14-7-3-8-15-12/h1,3,7-8,11,13H,4-6,9-10H2. The van der Waals surface area contributed by atoms with Crippen molar-refractivity contribution >= 4 is 5.95 Å². The fourth-order valence-corrected chi connectivity index (χ4v) is 1.94. The minimum Gasteiger partial charge on any atom is -0.341 e. The second-order valence-corrected chi connectivity index (χ2v) is 3.90. The molecule has 84 valence electrons. The first kappa shape index (κ1) is 10.9. The van der Waals surface area contributed by atoms with Crippen LogP contribution in [0.15, 0.2) is 18.5 Å². The monoisotopic (exact) mass is 216 g/mol. The van der Waals surface area contributed by atoms with Crippen molar-refractivity contribution in [3.63, 3.8) is 0 Å². The molecule has 0 aliphatic carbocycles. The lowest BCUT2D eigenvalue weighted by molar-refractivity contribution is 0.429. The summed E-state index contributed by atoms with van der Waals surface area (Å²) < 4.78 is 0. The van der Waals surface area contributed by atoms with E-state index in [4.69, 9.17) is 6.42 Å². The molecule has 1 aliphatic rings. The van der Waals surface area contributed by atoms with E-state index < -0.39 is 0 Å². The molecule has 16 heavy (non-hydrogen) atoms. The minimum atomic E-state index is 0.538. The average Bonchev–Trinajstić information content (AvgIpc) is 2.38. The molecule has 0 unspecified atom stereocenters. The Labute approximate surface area is 96.1 Å². The summed E-state index contributed by atoms with van der Waals surface area (Å²) in [6, 6.07) is 2.38. The molecule has 0 atom stereocenters. The van der Waals surface area contributed by atoms with Crippen LogP contribution in [0.5, 0.6) is 0 Å². The highest BCUT2D eigenvalue weighted by Crippen LogP contribution is 2.14. The summed E-state index contributed by atoms with van der Waals surface area (Å²) in [5.41, 5.74) is 0. The molecule has 0 bridgehead atoms. The minimum absolute atomic E-state index is 0.538. The van der Waals surface area contributed by atoms with E-state index in [1.807, 2.05) is 6.07 Å². The highest BCUT2D eigenvalue weighted by molar-refractivity contribution is 5.29. The molecule has 0 radical (unpaired) electrons. The molecule has 0 aromatic carbocycles. The normalized spacial score (nSPS) is 17.1. The van der Waals surface area contributed by atoms with Crippen LogP contribution in [-0.2, 0) is 0 Å². The summed E-state index contributed by atoms with van der Waals surface area (Å²) in [6.45, 7) is 2.64. The third-order valence-electron chi connectivity index (χ3n) is 2.82. The highest BCUT2D eigenvalue weighted by atomic mass is 15.3. The maximum Gasteiger partial charge on any atom is 0.225 e. The predicted octanol–water partition coefficient (Wildman–Crippen LogP) is 0.668. The van der Waals surface area contributed by atoms with Gasteiger partial charge in [0.25, 0.3) is 0 Å². The Bertz CT molecular complexity index is 349. The molecule has 1 saturated heterocycles. The number of nitrogens with zero attached hydrogens (tertiary/aromatic N) is 3. The largest absolute Gasteiger partial charge is 0.341 e. The molecule has 1 N–H and O–H groups in total. The second kappa shape index (κ2) is 5.47. The molecule has 1 aromatic heterocycles. The summed E-state index contributed by atoms with van der Waals surface area (Å²) in [7, 11) is 0. The van der Waals surface area contributed by atoms with Gasteiger partial charge in [0.05, 0.1) is 6.54 Å². The molecule has 2 heterocycles. The summed E-state index contributed by atoms with van der Waals surface area (Å²) in [6.07, 6.45) is 11.0. The van der Waals surface area contributed by atoms with Gasteiger partial charge >= 0.3 is 0 Å². The van der Waals surface area contributed by atoms with Crippen LogP contribution in [0.1, 0.15) is 12.8 Å². The number of piperidine rings is 1. The lowest BCUT2D eigenvalue weighted by Gasteiger charge is -2.32. The SMILES string of the molecule is C#CCNC1CCN(c2ncccn2)CC1. The van der Waals surface area contributed by atoms with Crippen molar-refractivity contribution in [2.24, 2.45) is 0 Å². The summed E-state index contributed by atoms with van der Waals surface area (Å²) >= 11 is 0. The number of rotatable bonds is 3. The first-order valence-electron chi connectivity index (χ1n) is 5.59. The first-order valence-corrected chi connectivity index (χ1v) is 5.59. The van der Waals surface area contributed by atoms with Crippen molar-refractivity contribution in [3.05, 3.63) is 18.5 Å². The van der Waals surface area contributed by atoms with Gasteiger partial charge in [-0.2, -0.15) is 0 Å². The van der Waals surface area contributed by atoms with E-state index in [2.05, 4.69) is 26.1 Å². The fraction of sp³-hybridized carbons (Fsp3) is 0.500. The summed E-state index contributed by atoms with van der Waals surface area (Å²) in [5.74, 6) is 3.44. The van der Waals surface area contributed by atoms with Gasteiger partial charge in [-0.25, -0.2) is 9.97 Å². The predicted molar refractivity (Wildman–Crippen MR) is 64.1 cm³/mol. The Morgan fingerprint density at radius 2 is 2.06 bits per heavy atom. The van der Waals surface area contributed by atoms with Crippen LogP contribution < -0.4 is 10.2 Å². The average molecular weight is 216 g/mol. The molecular weight excluding hydrogens is 200 g/mol.